The fraction of sp³-hybridized carbons (Fsp3) is 0.333. The number of amides is 1. The van der Waals surface area contributed by atoms with E-state index in [2.05, 4.69) is 26.5 Å². The summed E-state index contributed by atoms with van der Waals surface area (Å²) in [6, 6.07) is 7.16. The molecule has 8 nitrogen and oxygen atoms in total. The van der Waals surface area contributed by atoms with Crippen molar-refractivity contribution in [2.24, 2.45) is 5.10 Å². The van der Waals surface area contributed by atoms with Crippen LogP contribution in [0.1, 0.15) is 25.4 Å². The standard InChI is InChI=1S/C18H22BrN3O5S/c1-5-26-15-8-6-14(7-9-15)22(28(4,24)25)12(2)18(23)21-20-11-16-10-17(19)13(3)27-16/h6-12H,5H2,1-4H3,(H,21,23)/b20-11-/t12-/m1/s1. The Morgan fingerprint density at radius 3 is 2.54 bits per heavy atom. The van der Waals surface area contributed by atoms with Crippen LogP contribution in [0.2, 0.25) is 0 Å². The largest absolute Gasteiger partial charge is 0.494 e. The predicted octanol–water partition coefficient (Wildman–Crippen LogP) is 3.05. The third kappa shape index (κ3) is 5.59. The van der Waals surface area contributed by atoms with Gasteiger partial charge in [-0.3, -0.25) is 9.10 Å². The Morgan fingerprint density at radius 1 is 1.39 bits per heavy atom. The number of benzene rings is 1. The summed E-state index contributed by atoms with van der Waals surface area (Å²) < 4.78 is 37.1. The van der Waals surface area contributed by atoms with Crippen molar-refractivity contribution in [3.63, 3.8) is 0 Å². The van der Waals surface area contributed by atoms with Gasteiger partial charge in [0.05, 0.1) is 29.2 Å². The smallest absolute Gasteiger partial charge is 0.263 e. The van der Waals surface area contributed by atoms with E-state index in [0.29, 0.717) is 29.6 Å². The quantitative estimate of drug-likeness (QED) is 0.470. The molecule has 1 aromatic carbocycles. The Kier molecular flexibility index (Phi) is 7.25. The lowest BCUT2D eigenvalue weighted by Gasteiger charge is -2.27. The van der Waals surface area contributed by atoms with Gasteiger partial charge in [-0.15, -0.1) is 0 Å². The molecule has 1 atom stereocenters. The van der Waals surface area contributed by atoms with Crippen molar-refractivity contribution in [3.05, 3.63) is 46.3 Å². The molecule has 28 heavy (non-hydrogen) atoms. The normalized spacial score (nSPS) is 12.8. The highest BCUT2D eigenvalue weighted by Crippen LogP contribution is 2.24. The van der Waals surface area contributed by atoms with Crippen LogP contribution in [0.25, 0.3) is 0 Å². The number of hydrogen-bond donors (Lipinski definition) is 1. The van der Waals surface area contributed by atoms with Gasteiger partial charge in [-0.05, 0) is 61.0 Å². The van der Waals surface area contributed by atoms with E-state index in [1.165, 1.54) is 13.1 Å². The van der Waals surface area contributed by atoms with Crippen molar-refractivity contribution in [1.82, 2.24) is 5.43 Å². The van der Waals surface area contributed by atoms with Crippen LogP contribution in [0, 0.1) is 6.92 Å². The molecule has 152 valence electrons. The molecule has 0 radical (unpaired) electrons. The third-order valence-corrected chi connectivity index (χ3v) is 5.76. The first-order valence-corrected chi connectivity index (χ1v) is 11.1. The molecule has 0 fully saturated rings. The van der Waals surface area contributed by atoms with Crippen LogP contribution in [0.4, 0.5) is 5.69 Å². The number of furan rings is 1. The molecule has 2 rings (SSSR count). The highest BCUT2D eigenvalue weighted by atomic mass is 79.9. The summed E-state index contributed by atoms with van der Waals surface area (Å²) in [7, 11) is -3.71. The number of hydrazone groups is 1. The minimum atomic E-state index is -3.71. The first-order chi connectivity index (χ1) is 13.1. The minimum absolute atomic E-state index is 0.350. The van der Waals surface area contributed by atoms with E-state index in [0.717, 1.165) is 15.0 Å². The molecule has 1 heterocycles. The highest BCUT2D eigenvalue weighted by molar-refractivity contribution is 9.10. The summed E-state index contributed by atoms with van der Waals surface area (Å²) in [4.78, 5) is 12.4. The number of carbonyl (C=O) groups is 1. The summed E-state index contributed by atoms with van der Waals surface area (Å²) in [5.74, 6) is 1.16. The van der Waals surface area contributed by atoms with E-state index in [1.54, 1.807) is 37.3 Å². The molecule has 0 spiro atoms. The van der Waals surface area contributed by atoms with Crippen LogP contribution in [-0.2, 0) is 14.8 Å². The Hall–Kier alpha value is -2.33. The van der Waals surface area contributed by atoms with Gasteiger partial charge in [-0.25, -0.2) is 13.8 Å². The number of ether oxygens (including phenoxy) is 1. The topological polar surface area (TPSA) is 101 Å². The highest BCUT2D eigenvalue weighted by Gasteiger charge is 2.29. The number of halogens is 1. The second kappa shape index (κ2) is 9.24. The summed E-state index contributed by atoms with van der Waals surface area (Å²) >= 11 is 3.32. The molecular weight excluding hydrogens is 450 g/mol. The Labute approximate surface area is 172 Å². The number of rotatable bonds is 8. The van der Waals surface area contributed by atoms with Gasteiger partial charge in [0, 0.05) is 6.07 Å². The number of sulfonamides is 1. The summed E-state index contributed by atoms with van der Waals surface area (Å²) in [5, 5.41) is 3.83. The van der Waals surface area contributed by atoms with Crippen molar-refractivity contribution >= 4 is 43.8 Å². The van der Waals surface area contributed by atoms with Crippen LogP contribution in [0.5, 0.6) is 5.75 Å². The van der Waals surface area contributed by atoms with Crippen molar-refractivity contribution in [2.75, 3.05) is 17.2 Å². The number of anilines is 1. The monoisotopic (exact) mass is 471 g/mol. The number of carbonyl (C=O) groups excluding carboxylic acids is 1. The zero-order chi connectivity index (χ0) is 20.9. The first kappa shape index (κ1) is 22.0. The lowest BCUT2D eigenvalue weighted by atomic mass is 10.2. The van der Waals surface area contributed by atoms with E-state index in [-0.39, 0.29) is 0 Å². The van der Waals surface area contributed by atoms with Gasteiger partial charge in [-0.2, -0.15) is 5.10 Å². The van der Waals surface area contributed by atoms with E-state index in [9.17, 15) is 13.2 Å². The lowest BCUT2D eigenvalue weighted by molar-refractivity contribution is -0.121. The van der Waals surface area contributed by atoms with Crippen molar-refractivity contribution in [3.8, 4) is 5.75 Å². The molecule has 2 aromatic rings. The van der Waals surface area contributed by atoms with Gasteiger partial charge in [-0.1, -0.05) is 0 Å². The molecule has 1 amide bonds. The fourth-order valence-electron chi connectivity index (χ4n) is 2.46. The summed E-state index contributed by atoms with van der Waals surface area (Å²) in [6.07, 6.45) is 2.38. The van der Waals surface area contributed by atoms with Crippen LogP contribution >= 0.6 is 15.9 Å². The predicted molar refractivity (Wildman–Crippen MR) is 111 cm³/mol. The molecule has 1 aromatic heterocycles. The van der Waals surface area contributed by atoms with Crippen LogP contribution in [0.3, 0.4) is 0 Å². The Bertz CT molecular complexity index is 935. The molecule has 0 aliphatic heterocycles. The molecule has 0 aliphatic rings. The van der Waals surface area contributed by atoms with Gasteiger partial charge in [0.2, 0.25) is 10.0 Å². The molecule has 0 aliphatic carbocycles. The first-order valence-electron chi connectivity index (χ1n) is 8.44. The second-order valence-electron chi connectivity index (χ2n) is 5.95. The fourth-order valence-corrected chi connectivity index (χ4v) is 3.94. The van der Waals surface area contributed by atoms with E-state index in [1.807, 2.05) is 6.92 Å². The zero-order valence-electron chi connectivity index (χ0n) is 16.0. The van der Waals surface area contributed by atoms with Gasteiger partial charge in [0.1, 0.15) is 23.3 Å². The van der Waals surface area contributed by atoms with Crippen molar-refractivity contribution < 1.29 is 22.4 Å². The van der Waals surface area contributed by atoms with Crippen LogP contribution in [0.15, 0.2) is 44.3 Å². The Balaban J connectivity index is 2.15. The maximum atomic E-state index is 12.4. The minimum Gasteiger partial charge on any atom is -0.494 e. The average molecular weight is 472 g/mol. The average Bonchev–Trinajstić information content (AvgIpc) is 2.93. The van der Waals surface area contributed by atoms with E-state index >= 15 is 0 Å². The van der Waals surface area contributed by atoms with E-state index in [4.69, 9.17) is 9.15 Å². The Morgan fingerprint density at radius 2 is 2.04 bits per heavy atom. The molecule has 0 saturated heterocycles. The maximum absolute atomic E-state index is 12.4. The van der Waals surface area contributed by atoms with Gasteiger partial charge in [0.25, 0.3) is 5.91 Å². The SMILES string of the molecule is CCOc1ccc(N([C@H](C)C(=O)N/N=C\c2cc(Br)c(C)o2)S(C)(=O)=O)cc1. The summed E-state index contributed by atoms with van der Waals surface area (Å²) in [5.41, 5.74) is 2.69. The zero-order valence-corrected chi connectivity index (χ0v) is 18.4. The molecule has 10 heteroatoms. The van der Waals surface area contributed by atoms with Gasteiger partial charge in [0.15, 0.2) is 0 Å². The lowest BCUT2D eigenvalue weighted by Crippen LogP contribution is -2.46. The van der Waals surface area contributed by atoms with Crippen molar-refractivity contribution in [2.45, 2.75) is 26.8 Å². The molecule has 1 N–H and O–H groups in total. The number of aryl methyl sites for hydroxylation is 1. The van der Waals surface area contributed by atoms with Crippen LogP contribution in [-0.4, -0.2) is 39.4 Å². The number of hydrogen-bond acceptors (Lipinski definition) is 6. The number of nitrogens with zero attached hydrogens (tertiary/aromatic N) is 2. The van der Waals surface area contributed by atoms with E-state index < -0.39 is 22.0 Å². The molecule has 0 saturated carbocycles. The van der Waals surface area contributed by atoms with Crippen LogP contribution < -0.4 is 14.5 Å². The number of nitrogens with one attached hydrogen (secondary N) is 1. The third-order valence-electron chi connectivity index (χ3n) is 3.73. The second-order valence-corrected chi connectivity index (χ2v) is 8.66. The van der Waals surface area contributed by atoms with Crippen molar-refractivity contribution in [1.29, 1.82) is 0 Å². The van der Waals surface area contributed by atoms with Gasteiger partial charge >= 0.3 is 0 Å². The molecule has 0 bridgehead atoms. The van der Waals surface area contributed by atoms with Gasteiger partial charge < -0.3 is 9.15 Å². The molecular formula is C18H22BrN3O5S. The molecule has 0 unspecified atom stereocenters. The summed E-state index contributed by atoms with van der Waals surface area (Å²) in [6.45, 7) is 5.61. The maximum Gasteiger partial charge on any atom is 0.263 e.